The van der Waals surface area contributed by atoms with Crippen molar-refractivity contribution in [3.8, 4) is 0 Å². The lowest BCUT2D eigenvalue weighted by atomic mass is 10.1. The van der Waals surface area contributed by atoms with Gasteiger partial charge in [-0.2, -0.15) is 0 Å². The topological polar surface area (TPSA) is 80.5 Å². The molecule has 0 radical (unpaired) electrons. The third-order valence-corrected chi connectivity index (χ3v) is 5.07. The van der Waals surface area contributed by atoms with Gasteiger partial charge < -0.3 is 4.90 Å². The van der Waals surface area contributed by atoms with E-state index in [0.29, 0.717) is 16.8 Å². The van der Waals surface area contributed by atoms with Gasteiger partial charge in [0, 0.05) is 41.2 Å². The zero-order valence-corrected chi connectivity index (χ0v) is 14.7. The molecule has 9 heteroatoms. The number of anilines is 1. The van der Waals surface area contributed by atoms with Crippen molar-refractivity contribution in [1.29, 1.82) is 0 Å². The van der Waals surface area contributed by atoms with E-state index in [2.05, 4.69) is 15.9 Å². The lowest BCUT2D eigenvalue weighted by molar-refractivity contribution is -0.384. The van der Waals surface area contributed by atoms with Crippen molar-refractivity contribution in [2.24, 2.45) is 5.92 Å². The molecular weight excluding hydrogens is 396 g/mol. The highest BCUT2D eigenvalue weighted by Crippen LogP contribution is 2.41. The first kappa shape index (κ1) is 17.2. The molecule has 1 heterocycles. The second kappa shape index (κ2) is 6.97. The molecule has 1 unspecified atom stereocenters. The first-order chi connectivity index (χ1) is 10.3. The molecule has 0 N–H and O–H groups in total. The van der Waals surface area contributed by atoms with Crippen molar-refractivity contribution >= 4 is 61.7 Å². The highest BCUT2D eigenvalue weighted by Gasteiger charge is 2.36. The van der Waals surface area contributed by atoms with Crippen LogP contribution in [0.2, 0.25) is 5.02 Å². The summed E-state index contributed by atoms with van der Waals surface area (Å²) in [5, 5.41) is 11.4. The first-order valence-corrected chi connectivity index (χ1v) is 8.52. The first-order valence-electron chi connectivity index (χ1n) is 6.36. The summed E-state index contributed by atoms with van der Waals surface area (Å²) in [6.45, 7) is 1.82. The van der Waals surface area contributed by atoms with Gasteiger partial charge in [-0.1, -0.05) is 23.4 Å². The average molecular weight is 408 g/mol. The fourth-order valence-electron chi connectivity index (χ4n) is 2.30. The number of carbonyl (C=O) groups is 2. The molecule has 1 aliphatic rings. The second-order valence-electron chi connectivity index (χ2n) is 4.89. The van der Waals surface area contributed by atoms with Gasteiger partial charge in [-0.25, -0.2) is 0 Å². The van der Waals surface area contributed by atoms with Crippen LogP contribution in [0.5, 0.6) is 0 Å². The quantitative estimate of drug-likeness (QED) is 0.562. The molecule has 1 aromatic carbocycles. The molecule has 1 aliphatic heterocycles. The molecular formula is C13H12BrClN2O4S. The molecule has 1 aromatic rings. The number of benzene rings is 1. The number of halogens is 2. The fraction of sp³-hybridized carbons (Fsp3) is 0.385. The molecule has 118 valence electrons. The molecule has 6 nitrogen and oxygen atoms in total. The number of carbonyl (C=O) groups excluding carboxylic acids is 2. The molecule has 0 saturated carbocycles. The SMILES string of the molecule is CC(=O)SCC1CC(=O)N(c2c(Br)cc(Cl)cc2[N+](=O)[O-])C1. The summed E-state index contributed by atoms with van der Waals surface area (Å²) in [4.78, 5) is 35.3. The van der Waals surface area contributed by atoms with Gasteiger partial charge in [-0.15, -0.1) is 0 Å². The number of amides is 1. The maximum atomic E-state index is 12.2. The van der Waals surface area contributed by atoms with E-state index in [1.54, 1.807) is 0 Å². The summed E-state index contributed by atoms with van der Waals surface area (Å²) in [5.41, 5.74) is 0.00215. The molecule has 1 fully saturated rings. The van der Waals surface area contributed by atoms with Crippen molar-refractivity contribution in [2.45, 2.75) is 13.3 Å². The van der Waals surface area contributed by atoms with Gasteiger partial charge in [0.15, 0.2) is 5.12 Å². The van der Waals surface area contributed by atoms with E-state index in [9.17, 15) is 19.7 Å². The van der Waals surface area contributed by atoms with E-state index in [1.807, 2.05) is 0 Å². The maximum Gasteiger partial charge on any atom is 0.295 e. The van der Waals surface area contributed by atoms with Crippen LogP contribution in [0.15, 0.2) is 16.6 Å². The van der Waals surface area contributed by atoms with E-state index >= 15 is 0 Å². The van der Waals surface area contributed by atoms with Crippen molar-refractivity contribution in [3.63, 3.8) is 0 Å². The van der Waals surface area contributed by atoms with E-state index in [4.69, 9.17) is 11.6 Å². The van der Waals surface area contributed by atoms with E-state index < -0.39 is 4.92 Å². The zero-order valence-electron chi connectivity index (χ0n) is 11.5. The number of thioether (sulfide) groups is 1. The van der Waals surface area contributed by atoms with Crippen molar-refractivity contribution in [2.75, 3.05) is 17.2 Å². The molecule has 1 atom stereocenters. The third-order valence-electron chi connectivity index (χ3n) is 3.20. The summed E-state index contributed by atoms with van der Waals surface area (Å²) in [7, 11) is 0. The van der Waals surface area contributed by atoms with Crippen LogP contribution in [0.4, 0.5) is 11.4 Å². The monoisotopic (exact) mass is 406 g/mol. The lowest BCUT2D eigenvalue weighted by Gasteiger charge is -2.18. The number of nitro groups is 1. The minimum atomic E-state index is -0.559. The Morgan fingerprint density at radius 2 is 2.27 bits per heavy atom. The van der Waals surface area contributed by atoms with Crippen molar-refractivity contribution < 1.29 is 14.5 Å². The Kier molecular flexibility index (Phi) is 5.46. The zero-order chi connectivity index (χ0) is 16.4. The Balaban J connectivity index is 2.30. The normalized spacial score (nSPS) is 17.9. The lowest BCUT2D eigenvalue weighted by Crippen LogP contribution is -2.26. The van der Waals surface area contributed by atoms with Crippen LogP contribution < -0.4 is 4.90 Å². The minimum Gasteiger partial charge on any atom is -0.305 e. The van der Waals surface area contributed by atoms with Gasteiger partial charge in [0.25, 0.3) is 5.69 Å². The Bertz CT molecular complexity index is 655. The second-order valence-corrected chi connectivity index (χ2v) is 7.38. The summed E-state index contributed by atoms with van der Waals surface area (Å²) >= 11 is 10.2. The number of rotatable bonds is 4. The Labute approximate surface area is 144 Å². The molecule has 1 saturated heterocycles. The van der Waals surface area contributed by atoms with Crippen LogP contribution in [-0.4, -0.2) is 28.2 Å². The third kappa shape index (κ3) is 3.80. The van der Waals surface area contributed by atoms with Crippen LogP contribution in [0.1, 0.15) is 13.3 Å². The van der Waals surface area contributed by atoms with Gasteiger partial charge in [0.2, 0.25) is 5.91 Å². The largest absolute Gasteiger partial charge is 0.305 e. The molecule has 0 spiro atoms. The van der Waals surface area contributed by atoms with E-state index in [0.717, 1.165) is 11.8 Å². The van der Waals surface area contributed by atoms with Gasteiger partial charge >= 0.3 is 0 Å². The number of nitro benzene ring substituents is 1. The van der Waals surface area contributed by atoms with Crippen LogP contribution in [0, 0.1) is 16.0 Å². The van der Waals surface area contributed by atoms with Gasteiger partial charge in [0.1, 0.15) is 5.69 Å². The standard InChI is InChI=1S/C13H12BrClN2O4S/c1-7(18)22-6-8-2-12(19)16(5-8)13-10(14)3-9(15)4-11(13)17(20)21/h3-4,8H,2,5-6H2,1H3. The smallest absolute Gasteiger partial charge is 0.295 e. The number of hydrogen-bond donors (Lipinski definition) is 0. The maximum absolute atomic E-state index is 12.2. The highest BCUT2D eigenvalue weighted by atomic mass is 79.9. The van der Waals surface area contributed by atoms with Gasteiger partial charge in [-0.3, -0.25) is 19.7 Å². The minimum absolute atomic E-state index is 0.00967. The average Bonchev–Trinajstić information content (AvgIpc) is 2.76. The van der Waals surface area contributed by atoms with Crippen LogP contribution in [0.3, 0.4) is 0 Å². The molecule has 2 rings (SSSR count). The fourth-order valence-corrected chi connectivity index (χ4v) is 4.01. The highest BCUT2D eigenvalue weighted by molar-refractivity contribution is 9.10. The summed E-state index contributed by atoms with van der Waals surface area (Å²) in [6.07, 6.45) is 0.270. The van der Waals surface area contributed by atoms with Crippen molar-refractivity contribution in [1.82, 2.24) is 0 Å². The predicted molar refractivity (Wildman–Crippen MR) is 89.4 cm³/mol. The summed E-state index contributed by atoms with van der Waals surface area (Å²) < 4.78 is 0.403. The Morgan fingerprint density at radius 3 is 2.86 bits per heavy atom. The summed E-state index contributed by atoms with van der Waals surface area (Å²) in [6, 6.07) is 2.75. The van der Waals surface area contributed by atoms with Gasteiger partial charge in [0.05, 0.1) is 4.92 Å². The molecule has 1 amide bonds. The molecule has 0 bridgehead atoms. The van der Waals surface area contributed by atoms with Crippen LogP contribution in [-0.2, 0) is 9.59 Å². The Morgan fingerprint density at radius 1 is 1.59 bits per heavy atom. The van der Waals surface area contributed by atoms with Crippen LogP contribution in [0.25, 0.3) is 0 Å². The molecule has 0 aromatic heterocycles. The predicted octanol–water partition coefficient (Wildman–Crippen LogP) is 3.64. The van der Waals surface area contributed by atoms with E-state index in [-0.39, 0.29) is 39.8 Å². The summed E-state index contributed by atoms with van der Waals surface area (Å²) in [5.74, 6) is 0.320. The number of hydrogen-bond acceptors (Lipinski definition) is 5. The van der Waals surface area contributed by atoms with E-state index in [1.165, 1.54) is 24.0 Å². The van der Waals surface area contributed by atoms with Gasteiger partial charge in [-0.05, 0) is 27.9 Å². The molecule has 0 aliphatic carbocycles. The van der Waals surface area contributed by atoms with Crippen molar-refractivity contribution in [3.05, 3.63) is 31.7 Å². The number of nitrogens with zero attached hydrogens (tertiary/aromatic N) is 2. The molecule has 22 heavy (non-hydrogen) atoms. The Hall–Kier alpha value is -1.12. The van der Waals surface area contributed by atoms with Crippen LogP contribution >= 0.6 is 39.3 Å².